The van der Waals surface area contributed by atoms with E-state index in [0.29, 0.717) is 24.5 Å². The lowest BCUT2D eigenvalue weighted by atomic mass is 10.1. The maximum atomic E-state index is 13.3. The van der Waals surface area contributed by atoms with E-state index in [0.717, 1.165) is 24.1 Å². The summed E-state index contributed by atoms with van der Waals surface area (Å²) in [6.45, 7) is 4.33. The third kappa shape index (κ3) is 3.48. The van der Waals surface area contributed by atoms with Gasteiger partial charge in [-0.2, -0.15) is 0 Å². The van der Waals surface area contributed by atoms with E-state index < -0.39 is 10.0 Å². The molecule has 0 saturated heterocycles. The van der Waals surface area contributed by atoms with Gasteiger partial charge >= 0.3 is 0 Å². The van der Waals surface area contributed by atoms with E-state index in [1.807, 2.05) is 24.8 Å². The first-order valence-corrected chi connectivity index (χ1v) is 11.5. The van der Waals surface area contributed by atoms with Crippen molar-refractivity contribution >= 4 is 27.3 Å². The van der Waals surface area contributed by atoms with Crippen molar-refractivity contribution in [2.75, 3.05) is 22.9 Å². The second-order valence-electron chi connectivity index (χ2n) is 7.70. The second kappa shape index (κ2) is 7.37. The predicted molar refractivity (Wildman–Crippen MR) is 113 cm³/mol. The Morgan fingerprint density at radius 1 is 1.21 bits per heavy atom. The van der Waals surface area contributed by atoms with Crippen LogP contribution in [0.4, 0.5) is 11.4 Å². The van der Waals surface area contributed by atoms with Crippen LogP contribution >= 0.6 is 0 Å². The van der Waals surface area contributed by atoms with Crippen LogP contribution in [0.2, 0.25) is 0 Å². The quantitative estimate of drug-likeness (QED) is 0.724. The van der Waals surface area contributed by atoms with Crippen LogP contribution in [0, 0.1) is 5.92 Å². The first-order valence-electron chi connectivity index (χ1n) is 10.0. The van der Waals surface area contributed by atoms with Crippen LogP contribution < -0.4 is 13.9 Å². The number of amides is 1. The van der Waals surface area contributed by atoms with Gasteiger partial charge in [0.1, 0.15) is 5.75 Å². The first kappa shape index (κ1) is 19.8. The van der Waals surface area contributed by atoms with Crippen LogP contribution in [-0.4, -0.2) is 34.0 Å². The Morgan fingerprint density at radius 2 is 1.93 bits per heavy atom. The fourth-order valence-electron chi connectivity index (χ4n) is 3.91. The Labute approximate surface area is 172 Å². The Hall–Kier alpha value is -2.54. The van der Waals surface area contributed by atoms with Gasteiger partial charge in [-0.05, 0) is 69.0 Å². The number of carbonyl (C=O) groups is 1. The minimum Gasteiger partial charge on any atom is -0.492 e. The maximum absolute atomic E-state index is 13.3. The van der Waals surface area contributed by atoms with Crippen molar-refractivity contribution in [2.45, 2.75) is 44.0 Å². The van der Waals surface area contributed by atoms with Gasteiger partial charge in [-0.1, -0.05) is 12.1 Å². The van der Waals surface area contributed by atoms with E-state index >= 15 is 0 Å². The van der Waals surface area contributed by atoms with Crippen molar-refractivity contribution in [3.8, 4) is 5.75 Å². The van der Waals surface area contributed by atoms with Crippen LogP contribution in [0.3, 0.4) is 0 Å². The molecule has 1 aliphatic carbocycles. The number of hydrogen-bond acceptors (Lipinski definition) is 4. The average molecular weight is 415 g/mol. The average Bonchev–Trinajstić information content (AvgIpc) is 3.49. The number of rotatable bonds is 6. The van der Waals surface area contributed by atoms with Crippen molar-refractivity contribution in [2.24, 2.45) is 5.92 Å². The largest absolute Gasteiger partial charge is 0.492 e. The van der Waals surface area contributed by atoms with Crippen LogP contribution in [0.15, 0.2) is 47.4 Å². The molecule has 4 rings (SSSR count). The molecule has 1 aliphatic heterocycles. The minimum atomic E-state index is -3.76. The molecule has 0 bridgehead atoms. The topological polar surface area (TPSA) is 66.9 Å². The second-order valence-corrected chi connectivity index (χ2v) is 9.67. The number of ether oxygens (including phenoxy) is 1. The predicted octanol–water partition coefficient (Wildman–Crippen LogP) is 3.60. The van der Waals surface area contributed by atoms with E-state index in [2.05, 4.69) is 0 Å². The molecular weight excluding hydrogens is 388 g/mol. The van der Waals surface area contributed by atoms with Gasteiger partial charge in [0.25, 0.3) is 10.0 Å². The summed E-state index contributed by atoms with van der Waals surface area (Å²) in [5, 5.41) is 0. The standard InChI is InChI=1S/C22H26N2O4S/c1-4-28-21-8-6-5-7-20(21)23(3)29(26,27)18-11-12-19-17(14-18)13-15(2)24(19)22(25)16-9-10-16/h5-8,11-12,14-16H,4,9-10,13H2,1-3H3/t15-/m1/s1. The van der Waals surface area contributed by atoms with Gasteiger partial charge in [0.2, 0.25) is 5.91 Å². The molecule has 0 N–H and O–H groups in total. The van der Waals surface area contributed by atoms with Crippen LogP contribution in [-0.2, 0) is 21.2 Å². The Balaban J connectivity index is 1.67. The number of hydrogen-bond donors (Lipinski definition) is 0. The highest BCUT2D eigenvalue weighted by Crippen LogP contribution is 2.40. The molecule has 0 unspecified atom stereocenters. The van der Waals surface area contributed by atoms with Gasteiger partial charge in [0.05, 0.1) is 17.2 Å². The highest BCUT2D eigenvalue weighted by atomic mass is 32.2. The van der Waals surface area contributed by atoms with Gasteiger partial charge in [-0.25, -0.2) is 8.42 Å². The zero-order valence-electron chi connectivity index (χ0n) is 17.0. The van der Waals surface area contributed by atoms with Gasteiger partial charge in [-0.3, -0.25) is 9.10 Å². The number of nitrogens with zero attached hydrogens (tertiary/aromatic N) is 2. The van der Waals surface area contributed by atoms with Gasteiger partial charge in [0, 0.05) is 24.7 Å². The zero-order valence-corrected chi connectivity index (χ0v) is 17.8. The number of sulfonamides is 1. The lowest BCUT2D eigenvalue weighted by molar-refractivity contribution is -0.120. The molecule has 154 valence electrons. The summed E-state index contributed by atoms with van der Waals surface area (Å²) in [7, 11) is -2.23. The Kier molecular flexibility index (Phi) is 5.02. The molecule has 2 aromatic rings. The summed E-state index contributed by atoms with van der Waals surface area (Å²) < 4.78 is 33.4. The van der Waals surface area contributed by atoms with E-state index in [-0.39, 0.29) is 22.8 Å². The summed E-state index contributed by atoms with van der Waals surface area (Å²) in [5.74, 6) is 0.819. The molecule has 0 aromatic heterocycles. The minimum absolute atomic E-state index is 0.0486. The molecule has 29 heavy (non-hydrogen) atoms. The van der Waals surface area contributed by atoms with E-state index in [1.54, 1.807) is 36.4 Å². The van der Waals surface area contributed by atoms with Crippen LogP contribution in [0.5, 0.6) is 5.75 Å². The van der Waals surface area contributed by atoms with Gasteiger partial charge in [0.15, 0.2) is 0 Å². The summed E-state index contributed by atoms with van der Waals surface area (Å²) in [6.07, 6.45) is 2.57. The first-order chi connectivity index (χ1) is 13.8. The summed E-state index contributed by atoms with van der Waals surface area (Å²) >= 11 is 0. The number of anilines is 2. The summed E-state index contributed by atoms with van der Waals surface area (Å²) in [4.78, 5) is 14.7. The van der Waals surface area contributed by atoms with Gasteiger partial charge < -0.3 is 9.64 Å². The summed E-state index contributed by atoms with van der Waals surface area (Å²) in [5.41, 5.74) is 2.23. The van der Waals surface area contributed by atoms with Crippen molar-refractivity contribution in [1.29, 1.82) is 0 Å². The smallest absolute Gasteiger partial charge is 0.264 e. The fourth-order valence-corrected chi connectivity index (χ4v) is 5.17. The third-order valence-electron chi connectivity index (χ3n) is 5.59. The molecule has 1 heterocycles. The maximum Gasteiger partial charge on any atom is 0.264 e. The molecule has 1 fully saturated rings. The van der Waals surface area contributed by atoms with Crippen LogP contribution in [0.1, 0.15) is 32.3 Å². The molecule has 2 aromatic carbocycles. The molecule has 7 heteroatoms. The fraction of sp³-hybridized carbons (Fsp3) is 0.409. The van der Waals surface area contributed by atoms with Crippen molar-refractivity contribution in [3.05, 3.63) is 48.0 Å². The number of para-hydroxylation sites is 2. The zero-order chi connectivity index (χ0) is 20.8. The molecule has 0 spiro atoms. The van der Waals surface area contributed by atoms with Crippen molar-refractivity contribution in [1.82, 2.24) is 0 Å². The number of carbonyl (C=O) groups excluding carboxylic acids is 1. The monoisotopic (exact) mass is 414 g/mol. The molecule has 1 atom stereocenters. The number of fused-ring (bicyclic) bond motifs is 1. The number of benzene rings is 2. The normalized spacial score (nSPS) is 18.4. The lowest BCUT2D eigenvalue weighted by Gasteiger charge is -2.24. The molecule has 6 nitrogen and oxygen atoms in total. The Bertz CT molecular complexity index is 1050. The highest BCUT2D eigenvalue weighted by Gasteiger charge is 2.40. The molecular formula is C22H26N2O4S. The van der Waals surface area contributed by atoms with Crippen LogP contribution in [0.25, 0.3) is 0 Å². The van der Waals surface area contributed by atoms with Gasteiger partial charge in [-0.15, -0.1) is 0 Å². The van der Waals surface area contributed by atoms with E-state index in [9.17, 15) is 13.2 Å². The molecule has 1 amide bonds. The molecule has 1 saturated carbocycles. The molecule has 2 aliphatic rings. The third-order valence-corrected chi connectivity index (χ3v) is 7.36. The Morgan fingerprint density at radius 3 is 2.62 bits per heavy atom. The summed E-state index contributed by atoms with van der Waals surface area (Å²) in [6, 6.07) is 12.2. The van der Waals surface area contributed by atoms with E-state index in [1.165, 1.54) is 11.4 Å². The SMILES string of the molecule is CCOc1ccccc1N(C)S(=O)(=O)c1ccc2c(c1)C[C@@H](C)N2C(=O)C1CC1. The molecule has 0 radical (unpaired) electrons. The van der Waals surface area contributed by atoms with Crippen molar-refractivity contribution in [3.63, 3.8) is 0 Å². The highest BCUT2D eigenvalue weighted by molar-refractivity contribution is 7.92. The lowest BCUT2D eigenvalue weighted by Crippen LogP contribution is -2.36. The van der Waals surface area contributed by atoms with E-state index in [4.69, 9.17) is 4.74 Å². The van der Waals surface area contributed by atoms with Crippen molar-refractivity contribution < 1.29 is 17.9 Å².